The summed E-state index contributed by atoms with van der Waals surface area (Å²) in [6.07, 6.45) is 4.86. The Hall–Kier alpha value is -3.20. The molecule has 0 N–H and O–H groups in total. The van der Waals surface area contributed by atoms with E-state index in [0.717, 1.165) is 9.79 Å². The fraction of sp³-hybridized carbons (Fsp3) is 0.167. The minimum Gasteiger partial charge on any atom is -0.426 e. The molecular formula is C18H16N4O4S. The van der Waals surface area contributed by atoms with Gasteiger partial charge in [-0.3, -0.25) is 9.78 Å². The fourth-order valence-corrected chi connectivity index (χ4v) is 3.12. The van der Waals surface area contributed by atoms with Crippen LogP contribution in [0.2, 0.25) is 0 Å². The highest BCUT2D eigenvalue weighted by Gasteiger charge is 2.16. The molecule has 0 saturated carbocycles. The first-order chi connectivity index (χ1) is 13.0. The number of imidazole rings is 1. The number of pyridine rings is 1. The predicted octanol–water partition coefficient (Wildman–Crippen LogP) is 3.64. The van der Waals surface area contributed by atoms with Gasteiger partial charge in [0.2, 0.25) is 5.82 Å². The van der Waals surface area contributed by atoms with Crippen LogP contribution in [-0.4, -0.2) is 25.4 Å². The van der Waals surface area contributed by atoms with E-state index in [-0.39, 0.29) is 18.8 Å². The molecule has 3 rings (SSSR count). The lowest BCUT2D eigenvalue weighted by atomic mass is 10.3. The number of nitro groups is 1. The van der Waals surface area contributed by atoms with Crippen LogP contribution in [0.5, 0.6) is 5.75 Å². The van der Waals surface area contributed by atoms with Crippen LogP contribution in [-0.2, 0) is 11.3 Å². The third-order valence-corrected chi connectivity index (χ3v) is 4.66. The Kier molecular flexibility index (Phi) is 5.82. The maximum Gasteiger partial charge on any atom is 0.381 e. The van der Waals surface area contributed by atoms with Crippen molar-refractivity contribution in [1.29, 1.82) is 0 Å². The van der Waals surface area contributed by atoms with E-state index in [0.29, 0.717) is 11.6 Å². The van der Waals surface area contributed by atoms with Crippen molar-refractivity contribution < 1.29 is 14.5 Å². The van der Waals surface area contributed by atoms with Gasteiger partial charge >= 0.3 is 11.8 Å². The zero-order valence-electron chi connectivity index (χ0n) is 14.4. The van der Waals surface area contributed by atoms with Crippen molar-refractivity contribution in [2.24, 2.45) is 0 Å². The van der Waals surface area contributed by atoms with Crippen molar-refractivity contribution in [1.82, 2.24) is 14.5 Å². The minimum absolute atomic E-state index is 0.0852. The number of benzene rings is 1. The van der Waals surface area contributed by atoms with Gasteiger partial charge in [-0.15, -0.1) is 0 Å². The third-order valence-electron chi connectivity index (χ3n) is 3.65. The predicted molar refractivity (Wildman–Crippen MR) is 98.7 cm³/mol. The number of hydrogen-bond donors (Lipinski definition) is 0. The second-order valence-electron chi connectivity index (χ2n) is 5.58. The van der Waals surface area contributed by atoms with E-state index >= 15 is 0 Å². The van der Waals surface area contributed by atoms with Crippen LogP contribution in [0.25, 0.3) is 0 Å². The van der Waals surface area contributed by atoms with Gasteiger partial charge in [-0.25, -0.2) is 0 Å². The molecule has 0 fully saturated rings. The van der Waals surface area contributed by atoms with E-state index in [4.69, 9.17) is 4.74 Å². The van der Waals surface area contributed by atoms with E-state index in [1.807, 2.05) is 24.3 Å². The highest BCUT2D eigenvalue weighted by atomic mass is 32.2. The van der Waals surface area contributed by atoms with E-state index in [2.05, 4.69) is 9.97 Å². The lowest BCUT2D eigenvalue weighted by molar-refractivity contribution is -0.389. The Bertz CT molecular complexity index is 942. The smallest absolute Gasteiger partial charge is 0.381 e. The van der Waals surface area contributed by atoms with Gasteiger partial charge in [-0.1, -0.05) is 11.8 Å². The SMILES string of the molecule is Cc1nc([N+](=O)[O-])cn1CCC(=O)Oc1ccc(Sc2ccncc2)cc1. The molecule has 0 saturated heterocycles. The molecule has 0 radical (unpaired) electrons. The van der Waals surface area contributed by atoms with Gasteiger partial charge in [0.05, 0.1) is 6.42 Å². The summed E-state index contributed by atoms with van der Waals surface area (Å²) >= 11 is 1.58. The van der Waals surface area contributed by atoms with Crippen LogP contribution in [0.15, 0.2) is 64.8 Å². The van der Waals surface area contributed by atoms with Crippen LogP contribution in [0.3, 0.4) is 0 Å². The molecule has 0 unspecified atom stereocenters. The molecule has 0 bridgehead atoms. The van der Waals surface area contributed by atoms with Gasteiger partial charge in [-0.05, 0) is 46.3 Å². The topological polar surface area (TPSA) is 100 Å². The first kappa shape index (κ1) is 18.6. The number of nitrogens with zero attached hydrogens (tertiary/aromatic N) is 4. The quantitative estimate of drug-likeness (QED) is 0.265. The standard InChI is InChI=1S/C18H16N4O4S/c1-13-20-17(22(24)25)12-21(13)11-8-18(23)26-14-2-4-15(5-3-14)27-16-6-9-19-10-7-16/h2-7,9-10,12H,8,11H2,1H3. The van der Waals surface area contributed by atoms with Crippen molar-refractivity contribution in [3.05, 3.63) is 70.9 Å². The average Bonchev–Trinajstić information content (AvgIpc) is 3.04. The molecule has 8 nitrogen and oxygen atoms in total. The summed E-state index contributed by atoms with van der Waals surface area (Å²) in [6, 6.07) is 11.0. The first-order valence-electron chi connectivity index (χ1n) is 8.08. The van der Waals surface area contributed by atoms with Gasteiger partial charge in [0.1, 0.15) is 11.9 Å². The highest BCUT2D eigenvalue weighted by Crippen LogP contribution is 2.28. The number of esters is 1. The second-order valence-corrected chi connectivity index (χ2v) is 6.72. The van der Waals surface area contributed by atoms with Crippen LogP contribution < -0.4 is 4.74 Å². The molecule has 27 heavy (non-hydrogen) atoms. The van der Waals surface area contributed by atoms with E-state index in [1.54, 1.807) is 47.8 Å². The Labute approximate surface area is 159 Å². The molecule has 0 aliphatic rings. The normalized spacial score (nSPS) is 10.6. The Morgan fingerprint density at radius 2 is 1.85 bits per heavy atom. The number of aromatic nitrogens is 3. The van der Waals surface area contributed by atoms with Crippen LogP contribution in [0, 0.1) is 17.0 Å². The van der Waals surface area contributed by atoms with Crippen molar-refractivity contribution >= 4 is 23.5 Å². The number of carbonyl (C=O) groups is 1. The number of hydrogen-bond acceptors (Lipinski definition) is 7. The highest BCUT2D eigenvalue weighted by molar-refractivity contribution is 7.99. The Morgan fingerprint density at radius 1 is 1.19 bits per heavy atom. The van der Waals surface area contributed by atoms with Crippen LogP contribution in [0.4, 0.5) is 5.82 Å². The molecule has 0 amide bonds. The maximum absolute atomic E-state index is 12.0. The summed E-state index contributed by atoms with van der Waals surface area (Å²) in [5.41, 5.74) is 0. The summed E-state index contributed by atoms with van der Waals surface area (Å²) in [4.78, 5) is 32.1. The van der Waals surface area contributed by atoms with E-state index in [1.165, 1.54) is 6.20 Å². The summed E-state index contributed by atoms with van der Waals surface area (Å²) in [7, 11) is 0. The summed E-state index contributed by atoms with van der Waals surface area (Å²) in [5.74, 6) is 0.280. The number of ether oxygens (including phenoxy) is 1. The maximum atomic E-state index is 12.0. The van der Waals surface area contributed by atoms with Gasteiger partial charge in [0.15, 0.2) is 0 Å². The summed E-state index contributed by atoms with van der Waals surface area (Å²) < 4.78 is 6.87. The van der Waals surface area contributed by atoms with Gasteiger partial charge in [0.25, 0.3) is 0 Å². The summed E-state index contributed by atoms with van der Waals surface area (Å²) in [6.45, 7) is 1.92. The number of carbonyl (C=O) groups excluding carboxylic acids is 1. The van der Waals surface area contributed by atoms with Crippen LogP contribution >= 0.6 is 11.8 Å². The molecular weight excluding hydrogens is 368 g/mol. The van der Waals surface area contributed by atoms with E-state index < -0.39 is 10.9 Å². The first-order valence-corrected chi connectivity index (χ1v) is 8.90. The van der Waals surface area contributed by atoms with Crippen LogP contribution in [0.1, 0.15) is 12.2 Å². The molecule has 0 aliphatic carbocycles. The van der Waals surface area contributed by atoms with Gasteiger partial charge in [-0.2, -0.15) is 0 Å². The Balaban J connectivity index is 1.53. The van der Waals surface area contributed by atoms with E-state index in [9.17, 15) is 14.9 Å². The summed E-state index contributed by atoms with van der Waals surface area (Å²) in [5, 5.41) is 10.7. The second kappa shape index (κ2) is 8.45. The molecule has 0 spiro atoms. The Morgan fingerprint density at radius 3 is 2.48 bits per heavy atom. The fourth-order valence-electron chi connectivity index (χ4n) is 2.32. The lowest BCUT2D eigenvalue weighted by Crippen LogP contribution is -2.12. The van der Waals surface area contributed by atoms with Gasteiger partial charge < -0.3 is 19.4 Å². The average molecular weight is 384 g/mol. The van der Waals surface area contributed by atoms with Crippen molar-refractivity contribution in [3.8, 4) is 5.75 Å². The van der Waals surface area contributed by atoms with Gasteiger partial charge in [0, 0.05) is 35.7 Å². The molecule has 0 aliphatic heterocycles. The van der Waals surface area contributed by atoms with Crippen molar-refractivity contribution in [3.63, 3.8) is 0 Å². The largest absolute Gasteiger partial charge is 0.426 e. The molecule has 1 aromatic carbocycles. The number of aryl methyl sites for hydroxylation is 2. The monoisotopic (exact) mass is 384 g/mol. The van der Waals surface area contributed by atoms with Crippen molar-refractivity contribution in [2.75, 3.05) is 0 Å². The molecule has 9 heteroatoms. The zero-order valence-corrected chi connectivity index (χ0v) is 15.3. The third kappa shape index (κ3) is 5.14. The number of rotatable bonds is 7. The van der Waals surface area contributed by atoms with Crippen molar-refractivity contribution in [2.45, 2.75) is 29.7 Å². The molecule has 0 atom stereocenters. The lowest BCUT2D eigenvalue weighted by Gasteiger charge is -2.06. The minimum atomic E-state index is -0.562. The zero-order chi connectivity index (χ0) is 19.2. The molecule has 138 valence electrons. The molecule has 2 heterocycles. The molecule has 2 aromatic heterocycles. The molecule has 3 aromatic rings.